The summed E-state index contributed by atoms with van der Waals surface area (Å²) in [5.74, 6) is 1.08. The molecule has 0 aliphatic rings. The van der Waals surface area contributed by atoms with Crippen LogP contribution in [0.4, 0.5) is 0 Å². The lowest BCUT2D eigenvalue weighted by Gasteiger charge is -2.11. The standard InChI is InChI=1S/C15H15ClN2O2/c1-2-10-3-6-12(7-4-10)20-14-9-11(16)5-8-13(14)15(17)18-19/h3-9,19H,2H2,1H3,(H2,17,18). The number of rotatable bonds is 4. The van der Waals surface area contributed by atoms with Gasteiger partial charge in [-0.05, 0) is 36.2 Å². The van der Waals surface area contributed by atoms with Gasteiger partial charge in [-0.25, -0.2) is 0 Å². The molecule has 0 spiro atoms. The minimum atomic E-state index is -0.0261. The Morgan fingerprint density at radius 2 is 1.95 bits per heavy atom. The summed E-state index contributed by atoms with van der Waals surface area (Å²) < 4.78 is 5.76. The zero-order chi connectivity index (χ0) is 14.5. The fraction of sp³-hybridized carbons (Fsp3) is 0.133. The van der Waals surface area contributed by atoms with E-state index in [1.54, 1.807) is 18.2 Å². The number of nitrogens with zero attached hydrogens (tertiary/aromatic N) is 1. The van der Waals surface area contributed by atoms with Crippen molar-refractivity contribution in [2.75, 3.05) is 0 Å². The highest BCUT2D eigenvalue weighted by Crippen LogP contribution is 2.28. The van der Waals surface area contributed by atoms with E-state index >= 15 is 0 Å². The van der Waals surface area contributed by atoms with E-state index in [0.29, 0.717) is 22.1 Å². The maximum Gasteiger partial charge on any atom is 0.173 e. The summed E-state index contributed by atoms with van der Waals surface area (Å²) >= 11 is 5.96. The SMILES string of the molecule is CCc1ccc(Oc2cc(Cl)ccc2C(N)=NO)cc1. The minimum absolute atomic E-state index is 0.0261. The van der Waals surface area contributed by atoms with Gasteiger partial charge in [-0.1, -0.05) is 35.8 Å². The lowest BCUT2D eigenvalue weighted by Crippen LogP contribution is -2.14. The number of oxime groups is 1. The quantitative estimate of drug-likeness (QED) is 0.389. The third-order valence-corrected chi connectivity index (χ3v) is 3.12. The molecule has 0 heterocycles. The van der Waals surface area contributed by atoms with Crippen LogP contribution >= 0.6 is 11.6 Å². The lowest BCUT2D eigenvalue weighted by molar-refractivity contribution is 0.318. The summed E-state index contributed by atoms with van der Waals surface area (Å²) in [5.41, 5.74) is 7.33. The van der Waals surface area contributed by atoms with Crippen molar-refractivity contribution >= 4 is 17.4 Å². The van der Waals surface area contributed by atoms with Crippen LogP contribution in [0.5, 0.6) is 11.5 Å². The number of benzene rings is 2. The van der Waals surface area contributed by atoms with Crippen molar-refractivity contribution in [3.63, 3.8) is 0 Å². The Morgan fingerprint density at radius 3 is 2.55 bits per heavy atom. The monoisotopic (exact) mass is 290 g/mol. The number of halogens is 1. The van der Waals surface area contributed by atoms with Gasteiger partial charge in [0.15, 0.2) is 5.84 Å². The lowest BCUT2D eigenvalue weighted by atomic mass is 10.1. The van der Waals surface area contributed by atoms with Crippen LogP contribution in [-0.2, 0) is 6.42 Å². The first-order valence-electron chi connectivity index (χ1n) is 6.18. The highest BCUT2D eigenvalue weighted by atomic mass is 35.5. The fourth-order valence-electron chi connectivity index (χ4n) is 1.77. The highest BCUT2D eigenvalue weighted by molar-refractivity contribution is 6.30. The highest BCUT2D eigenvalue weighted by Gasteiger charge is 2.10. The van der Waals surface area contributed by atoms with Crippen LogP contribution in [0.15, 0.2) is 47.6 Å². The molecular weight excluding hydrogens is 276 g/mol. The van der Waals surface area contributed by atoms with Crippen LogP contribution in [-0.4, -0.2) is 11.0 Å². The van der Waals surface area contributed by atoms with Gasteiger partial charge in [0, 0.05) is 11.1 Å². The predicted octanol–water partition coefficient (Wildman–Crippen LogP) is 3.79. The molecule has 5 heteroatoms. The van der Waals surface area contributed by atoms with Gasteiger partial charge in [-0.3, -0.25) is 0 Å². The van der Waals surface area contributed by atoms with Crippen LogP contribution in [0.1, 0.15) is 18.1 Å². The van der Waals surface area contributed by atoms with Crippen molar-refractivity contribution in [1.29, 1.82) is 0 Å². The summed E-state index contributed by atoms with van der Waals surface area (Å²) in [7, 11) is 0. The number of amidine groups is 1. The maximum absolute atomic E-state index is 8.79. The predicted molar refractivity (Wildman–Crippen MR) is 79.9 cm³/mol. The van der Waals surface area contributed by atoms with Gasteiger partial charge < -0.3 is 15.7 Å². The molecule has 0 aliphatic heterocycles. The summed E-state index contributed by atoms with van der Waals surface area (Å²) in [6.45, 7) is 2.09. The molecule has 0 atom stereocenters. The molecule has 0 amide bonds. The maximum atomic E-state index is 8.79. The molecule has 0 saturated carbocycles. The molecule has 2 rings (SSSR count). The van der Waals surface area contributed by atoms with Crippen LogP contribution in [0, 0.1) is 0 Å². The van der Waals surface area contributed by atoms with Gasteiger partial charge in [0.1, 0.15) is 11.5 Å². The minimum Gasteiger partial charge on any atom is -0.457 e. The topological polar surface area (TPSA) is 67.8 Å². The Kier molecular flexibility index (Phi) is 4.48. The van der Waals surface area contributed by atoms with Crippen molar-refractivity contribution < 1.29 is 9.94 Å². The zero-order valence-corrected chi connectivity index (χ0v) is 11.8. The Bertz CT molecular complexity index is 624. The Morgan fingerprint density at radius 1 is 1.25 bits per heavy atom. The summed E-state index contributed by atoms with van der Waals surface area (Å²) in [6, 6.07) is 12.6. The fourth-order valence-corrected chi connectivity index (χ4v) is 1.93. The number of hydrogen-bond donors (Lipinski definition) is 2. The number of aryl methyl sites for hydroxylation is 1. The second-order valence-electron chi connectivity index (χ2n) is 4.23. The second-order valence-corrected chi connectivity index (χ2v) is 4.66. The first-order chi connectivity index (χ1) is 9.63. The van der Waals surface area contributed by atoms with Crippen molar-refractivity contribution in [2.45, 2.75) is 13.3 Å². The van der Waals surface area contributed by atoms with Crippen molar-refractivity contribution in [3.05, 3.63) is 58.6 Å². The van der Waals surface area contributed by atoms with Gasteiger partial charge in [-0.15, -0.1) is 0 Å². The van der Waals surface area contributed by atoms with Crippen molar-refractivity contribution in [1.82, 2.24) is 0 Å². The molecule has 0 aromatic heterocycles. The molecule has 3 N–H and O–H groups in total. The summed E-state index contributed by atoms with van der Waals surface area (Å²) in [4.78, 5) is 0. The van der Waals surface area contributed by atoms with Crippen LogP contribution in [0.25, 0.3) is 0 Å². The van der Waals surface area contributed by atoms with E-state index in [0.717, 1.165) is 6.42 Å². The third-order valence-electron chi connectivity index (χ3n) is 2.89. The second kappa shape index (κ2) is 6.30. The van der Waals surface area contributed by atoms with Crippen LogP contribution < -0.4 is 10.5 Å². The number of ether oxygens (including phenoxy) is 1. The molecule has 0 unspecified atom stereocenters. The largest absolute Gasteiger partial charge is 0.457 e. The van der Waals surface area contributed by atoms with Crippen molar-refractivity contribution in [2.24, 2.45) is 10.9 Å². The molecule has 0 fully saturated rings. The van der Waals surface area contributed by atoms with E-state index in [1.807, 2.05) is 24.3 Å². The summed E-state index contributed by atoms with van der Waals surface area (Å²) in [6.07, 6.45) is 0.965. The molecule has 4 nitrogen and oxygen atoms in total. The molecule has 20 heavy (non-hydrogen) atoms. The number of hydrogen-bond acceptors (Lipinski definition) is 3. The molecule has 104 valence electrons. The van der Waals surface area contributed by atoms with Gasteiger partial charge in [-0.2, -0.15) is 0 Å². The molecule has 0 bridgehead atoms. The van der Waals surface area contributed by atoms with E-state index in [9.17, 15) is 0 Å². The molecule has 0 saturated heterocycles. The first kappa shape index (κ1) is 14.2. The van der Waals surface area contributed by atoms with Crippen LogP contribution in [0.3, 0.4) is 0 Å². The Labute approximate surface area is 122 Å². The Balaban J connectivity index is 2.33. The molecule has 0 radical (unpaired) electrons. The average Bonchev–Trinajstić information content (AvgIpc) is 2.47. The molecule has 2 aromatic rings. The van der Waals surface area contributed by atoms with Gasteiger partial charge in [0.25, 0.3) is 0 Å². The third kappa shape index (κ3) is 3.22. The smallest absolute Gasteiger partial charge is 0.173 e. The molecular formula is C15H15ClN2O2. The summed E-state index contributed by atoms with van der Waals surface area (Å²) in [5, 5.41) is 12.3. The van der Waals surface area contributed by atoms with E-state index in [2.05, 4.69) is 12.1 Å². The van der Waals surface area contributed by atoms with E-state index in [1.165, 1.54) is 5.56 Å². The Hall–Kier alpha value is -2.20. The van der Waals surface area contributed by atoms with E-state index in [-0.39, 0.29) is 5.84 Å². The van der Waals surface area contributed by atoms with Gasteiger partial charge >= 0.3 is 0 Å². The van der Waals surface area contributed by atoms with E-state index < -0.39 is 0 Å². The van der Waals surface area contributed by atoms with Crippen LogP contribution in [0.2, 0.25) is 5.02 Å². The molecule has 2 aromatic carbocycles. The first-order valence-corrected chi connectivity index (χ1v) is 6.56. The van der Waals surface area contributed by atoms with Gasteiger partial charge in [0.2, 0.25) is 0 Å². The molecule has 0 aliphatic carbocycles. The zero-order valence-electron chi connectivity index (χ0n) is 11.0. The average molecular weight is 291 g/mol. The van der Waals surface area contributed by atoms with Crippen molar-refractivity contribution in [3.8, 4) is 11.5 Å². The van der Waals surface area contributed by atoms with E-state index in [4.69, 9.17) is 27.3 Å². The van der Waals surface area contributed by atoms with Gasteiger partial charge in [0.05, 0.1) is 5.56 Å². The normalized spacial score (nSPS) is 11.4. The number of nitrogens with two attached hydrogens (primary N) is 1.